The van der Waals surface area contributed by atoms with Gasteiger partial charge >= 0.3 is 0 Å². The average molecular weight is 509 g/mol. The molecule has 0 N–H and O–H groups in total. The summed E-state index contributed by atoms with van der Waals surface area (Å²) in [4.78, 5) is 12.2. The molecule has 0 aromatic heterocycles. The Bertz CT molecular complexity index is 758. The standard InChI is InChI=1S/C36H60O/c1-6-7-8-9-10-11-12-13-14-15-16-17-18-27-35(37)28-20-24-31(2)22-19-23-32(3)29-30-36-33(4)25-21-26-34(36)5/h19,22-24,29-30,33H,6-18,20-21,25-28H2,1-5H3/b22-19+,30-29+,31-24+,32-23+. The highest BCUT2D eigenvalue weighted by Gasteiger charge is 2.14. The zero-order valence-electron chi connectivity index (χ0n) is 25.4. The van der Waals surface area contributed by atoms with E-state index >= 15 is 0 Å². The third-order valence-electron chi connectivity index (χ3n) is 7.91. The Labute approximate surface area is 231 Å². The molecule has 0 aromatic rings. The van der Waals surface area contributed by atoms with Gasteiger partial charge in [0, 0.05) is 12.8 Å². The number of hydrogen-bond donors (Lipinski definition) is 0. The largest absolute Gasteiger partial charge is 0.300 e. The Hall–Kier alpha value is -1.63. The Kier molecular flexibility index (Phi) is 20.2. The minimum absolute atomic E-state index is 0.429. The predicted molar refractivity (Wildman–Crippen MR) is 166 cm³/mol. The molecule has 0 aromatic carbocycles. The molecule has 0 aliphatic heterocycles. The van der Waals surface area contributed by atoms with Gasteiger partial charge in [-0.15, -0.1) is 0 Å². The molecule has 0 saturated carbocycles. The van der Waals surface area contributed by atoms with Crippen molar-refractivity contribution < 1.29 is 4.79 Å². The summed E-state index contributed by atoms with van der Waals surface area (Å²) in [5.74, 6) is 1.12. The third kappa shape index (κ3) is 18.3. The lowest BCUT2D eigenvalue weighted by molar-refractivity contribution is -0.119. The summed E-state index contributed by atoms with van der Waals surface area (Å²) < 4.78 is 0. The van der Waals surface area contributed by atoms with Crippen LogP contribution in [0.25, 0.3) is 0 Å². The van der Waals surface area contributed by atoms with Gasteiger partial charge in [0.05, 0.1) is 0 Å². The van der Waals surface area contributed by atoms with Crippen molar-refractivity contribution in [2.24, 2.45) is 5.92 Å². The molecule has 1 aliphatic carbocycles. The lowest BCUT2D eigenvalue weighted by Crippen LogP contribution is -2.06. The molecular formula is C36H60O. The van der Waals surface area contributed by atoms with Gasteiger partial charge in [-0.2, -0.15) is 0 Å². The van der Waals surface area contributed by atoms with E-state index in [4.69, 9.17) is 0 Å². The van der Waals surface area contributed by atoms with Crippen LogP contribution in [0.2, 0.25) is 0 Å². The van der Waals surface area contributed by atoms with Gasteiger partial charge in [0.1, 0.15) is 5.78 Å². The van der Waals surface area contributed by atoms with Gasteiger partial charge < -0.3 is 0 Å². The van der Waals surface area contributed by atoms with Crippen LogP contribution in [0.5, 0.6) is 0 Å². The molecule has 1 atom stereocenters. The number of carbonyl (C=O) groups excluding carboxylic acids is 1. The Morgan fingerprint density at radius 2 is 1.41 bits per heavy atom. The van der Waals surface area contributed by atoms with Crippen molar-refractivity contribution >= 4 is 5.78 Å². The number of carbonyl (C=O) groups is 1. The quantitative estimate of drug-likeness (QED) is 0.111. The monoisotopic (exact) mass is 508 g/mol. The van der Waals surface area contributed by atoms with E-state index in [0.717, 1.165) is 19.3 Å². The van der Waals surface area contributed by atoms with Crippen LogP contribution in [0, 0.1) is 5.92 Å². The highest BCUT2D eigenvalue weighted by Crippen LogP contribution is 2.30. The van der Waals surface area contributed by atoms with Crippen molar-refractivity contribution in [3.63, 3.8) is 0 Å². The molecule has 0 saturated heterocycles. The van der Waals surface area contributed by atoms with Gasteiger partial charge in [-0.3, -0.25) is 4.79 Å². The van der Waals surface area contributed by atoms with Crippen LogP contribution in [0.4, 0.5) is 0 Å². The summed E-state index contributed by atoms with van der Waals surface area (Å²) >= 11 is 0. The minimum Gasteiger partial charge on any atom is -0.300 e. The summed E-state index contributed by atoms with van der Waals surface area (Å²) in [6.45, 7) is 11.2. The molecular weight excluding hydrogens is 448 g/mol. The topological polar surface area (TPSA) is 17.1 Å². The maximum Gasteiger partial charge on any atom is 0.133 e. The van der Waals surface area contributed by atoms with E-state index in [-0.39, 0.29) is 0 Å². The van der Waals surface area contributed by atoms with E-state index in [9.17, 15) is 4.79 Å². The van der Waals surface area contributed by atoms with Crippen LogP contribution >= 0.6 is 0 Å². The molecule has 210 valence electrons. The van der Waals surface area contributed by atoms with Crippen LogP contribution in [-0.4, -0.2) is 5.78 Å². The summed E-state index contributed by atoms with van der Waals surface area (Å²) in [5, 5.41) is 0. The normalized spacial score (nSPS) is 17.5. The molecule has 1 nitrogen and oxygen atoms in total. The molecule has 1 rings (SSSR count). The highest BCUT2D eigenvalue weighted by atomic mass is 16.1. The van der Waals surface area contributed by atoms with Gasteiger partial charge in [-0.05, 0) is 64.4 Å². The van der Waals surface area contributed by atoms with Crippen molar-refractivity contribution in [2.75, 3.05) is 0 Å². The zero-order valence-corrected chi connectivity index (χ0v) is 25.4. The molecule has 0 bridgehead atoms. The van der Waals surface area contributed by atoms with Crippen molar-refractivity contribution in [1.29, 1.82) is 0 Å². The van der Waals surface area contributed by atoms with Crippen LogP contribution in [0.15, 0.2) is 58.7 Å². The summed E-state index contributed by atoms with van der Waals surface area (Å²) in [6.07, 6.45) is 37.0. The number of rotatable bonds is 21. The zero-order chi connectivity index (χ0) is 27.1. The number of unbranched alkanes of at least 4 members (excludes halogenated alkanes) is 12. The van der Waals surface area contributed by atoms with Gasteiger partial charge in [0.25, 0.3) is 0 Å². The first-order valence-electron chi connectivity index (χ1n) is 15.8. The van der Waals surface area contributed by atoms with Crippen molar-refractivity contribution in [1.82, 2.24) is 0 Å². The van der Waals surface area contributed by atoms with Crippen LogP contribution < -0.4 is 0 Å². The van der Waals surface area contributed by atoms with Crippen molar-refractivity contribution in [3.05, 3.63) is 58.7 Å². The minimum atomic E-state index is 0.429. The van der Waals surface area contributed by atoms with Crippen LogP contribution in [0.3, 0.4) is 0 Å². The second kappa shape index (κ2) is 22.4. The van der Waals surface area contributed by atoms with Gasteiger partial charge in [-0.25, -0.2) is 0 Å². The molecule has 1 aliphatic rings. The van der Waals surface area contributed by atoms with E-state index in [1.54, 1.807) is 5.57 Å². The van der Waals surface area contributed by atoms with E-state index in [0.29, 0.717) is 18.1 Å². The number of hydrogen-bond acceptors (Lipinski definition) is 1. The first kappa shape index (κ1) is 33.4. The van der Waals surface area contributed by atoms with E-state index in [1.807, 2.05) is 0 Å². The summed E-state index contributed by atoms with van der Waals surface area (Å²) in [5.41, 5.74) is 5.60. The smallest absolute Gasteiger partial charge is 0.133 e. The van der Waals surface area contributed by atoms with Gasteiger partial charge in [-0.1, -0.05) is 144 Å². The SMILES string of the molecule is CCCCCCCCCCCCCCCC(=O)CC/C=C(C)/C=C/C=C(C)/C=C/C1=C(C)CCCC1C. The van der Waals surface area contributed by atoms with Gasteiger partial charge in [0.2, 0.25) is 0 Å². The first-order chi connectivity index (χ1) is 17.9. The summed E-state index contributed by atoms with van der Waals surface area (Å²) in [6, 6.07) is 0. The highest BCUT2D eigenvalue weighted by molar-refractivity contribution is 5.78. The number of ketones is 1. The van der Waals surface area contributed by atoms with E-state index in [1.165, 1.54) is 113 Å². The van der Waals surface area contributed by atoms with Crippen LogP contribution in [0.1, 0.15) is 157 Å². The maximum atomic E-state index is 12.2. The third-order valence-corrected chi connectivity index (χ3v) is 7.91. The van der Waals surface area contributed by atoms with Crippen LogP contribution in [-0.2, 0) is 4.79 Å². The number of Topliss-reactive ketones (excluding diaryl/α,β-unsaturated/α-hetero) is 1. The van der Waals surface area contributed by atoms with E-state index in [2.05, 4.69) is 71.1 Å². The summed E-state index contributed by atoms with van der Waals surface area (Å²) in [7, 11) is 0. The fraction of sp³-hybridized carbons (Fsp3) is 0.694. The Morgan fingerprint density at radius 3 is 2.00 bits per heavy atom. The second-order valence-electron chi connectivity index (χ2n) is 11.7. The second-order valence-corrected chi connectivity index (χ2v) is 11.7. The lowest BCUT2D eigenvalue weighted by atomic mass is 9.84. The lowest BCUT2D eigenvalue weighted by Gasteiger charge is -2.22. The molecule has 0 spiro atoms. The Balaban J connectivity index is 2.09. The Morgan fingerprint density at radius 1 is 0.811 bits per heavy atom. The molecule has 0 radical (unpaired) electrons. The average Bonchev–Trinajstić information content (AvgIpc) is 2.86. The van der Waals surface area contributed by atoms with Crippen molar-refractivity contribution in [3.8, 4) is 0 Å². The van der Waals surface area contributed by atoms with Gasteiger partial charge in [0.15, 0.2) is 0 Å². The molecule has 1 unspecified atom stereocenters. The fourth-order valence-electron chi connectivity index (χ4n) is 5.32. The molecule has 0 fully saturated rings. The fourth-order valence-corrected chi connectivity index (χ4v) is 5.32. The first-order valence-corrected chi connectivity index (χ1v) is 15.8. The molecule has 37 heavy (non-hydrogen) atoms. The molecule has 0 heterocycles. The molecule has 1 heteroatoms. The van der Waals surface area contributed by atoms with Crippen molar-refractivity contribution in [2.45, 2.75) is 157 Å². The predicted octanol–water partition coefficient (Wildman–Crippen LogP) is 12.0. The molecule has 0 amide bonds. The number of allylic oxidation sites excluding steroid dienone is 10. The van der Waals surface area contributed by atoms with E-state index < -0.39 is 0 Å². The maximum absolute atomic E-state index is 12.2.